The first-order valence-corrected chi connectivity index (χ1v) is 5.19. The third-order valence-electron chi connectivity index (χ3n) is 2.60. The van der Waals surface area contributed by atoms with E-state index in [9.17, 15) is 4.79 Å². The van der Waals surface area contributed by atoms with Gasteiger partial charge in [0.2, 0.25) is 0 Å². The summed E-state index contributed by atoms with van der Waals surface area (Å²) in [6.07, 6.45) is 7.85. The average Bonchev–Trinajstić information content (AvgIpc) is 2.77. The van der Waals surface area contributed by atoms with Gasteiger partial charge in [0.1, 0.15) is 5.82 Å². The Kier molecular flexibility index (Phi) is 2.85. The number of aromatic nitrogens is 2. The molecule has 0 spiro atoms. The summed E-state index contributed by atoms with van der Waals surface area (Å²) in [6.45, 7) is 0.837. The van der Waals surface area contributed by atoms with Gasteiger partial charge in [0.15, 0.2) is 5.78 Å². The average molecular weight is 205 g/mol. The number of hydrogen-bond donors (Lipinski definition) is 1. The molecule has 0 aromatic carbocycles. The molecule has 0 bridgehead atoms. The number of carbonyl (C=O) groups excluding carboxylic acids is 1. The molecule has 0 unspecified atom stereocenters. The fourth-order valence-corrected chi connectivity index (χ4v) is 1.71. The standard InChI is InChI=1S/C11H15N3O/c1-14-7-6-13-11(14)4-5-12-9-2-3-10(15)8-9/h6-8,12H,2-5H2,1H3. The highest BCUT2D eigenvalue weighted by Crippen LogP contribution is 2.11. The predicted octanol–water partition coefficient (Wildman–Crippen LogP) is 0.799. The Balaban J connectivity index is 1.78. The van der Waals surface area contributed by atoms with Crippen molar-refractivity contribution in [2.45, 2.75) is 19.3 Å². The highest BCUT2D eigenvalue weighted by Gasteiger charge is 2.10. The van der Waals surface area contributed by atoms with Crippen molar-refractivity contribution in [1.82, 2.24) is 14.9 Å². The largest absolute Gasteiger partial charge is 0.388 e. The fourth-order valence-electron chi connectivity index (χ4n) is 1.71. The summed E-state index contributed by atoms with van der Waals surface area (Å²) >= 11 is 0. The molecule has 0 radical (unpaired) electrons. The number of nitrogens with zero attached hydrogens (tertiary/aromatic N) is 2. The van der Waals surface area contributed by atoms with Gasteiger partial charge in [-0.1, -0.05) is 0 Å². The zero-order chi connectivity index (χ0) is 10.7. The van der Waals surface area contributed by atoms with Crippen molar-refractivity contribution >= 4 is 5.78 Å². The second-order valence-corrected chi connectivity index (χ2v) is 3.77. The Hall–Kier alpha value is -1.58. The van der Waals surface area contributed by atoms with Gasteiger partial charge in [-0.2, -0.15) is 0 Å². The van der Waals surface area contributed by atoms with Gasteiger partial charge < -0.3 is 9.88 Å². The summed E-state index contributed by atoms with van der Waals surface area (Å²) in [5.41, 5.74) is 1.06. The molecule has 1 aliphatic rings. The third-order valence-corrected chi connectivity index (χ3v) is 2.60. The van der Waals surface area contributed by atoms with Crippen LogP contribution in [0.1, 0.15) is 18.7 Å². The number of aryl methyl sites for hydroxylation is 1. The SMILES string of the molecule is Cn1ccnc1CCNC1=CC(=O)CC1. The van der Waals surface area contributed by atoms with Crippen LogP contribution < -0.4 is 5.32 Å². The molecule has 4 nitrogen and oxygen atoms in total. The number of nitrogens with one attached hydrogen (secondary N) is 1. The Labute approximate surface area is 89.0 Å². The molecule has 1 heterocycles. The summed E-state index contributed by atoms with van der Waals surface area (Å²) in [7, 11) is 1.99. The molecule has 0 atom stereocenters. The monoisotopic (exact) mass is 205 g/mol. The van der Waals surface area contributed by atoms with E-state index >= 15 is 0 Å². The number of hydrogen-bond acceptors (Lipinski definition) is 3. The minimum atomic E-state index is 0.231. The molecule has 0 fully saturated rings. The second-order valence-electron chi connectivity index (χ2n) is 3.77. The Bertz CT molecular complexity index is 392. The zero-order valence-electron chi connectivity index (χ0n) is 8.86. The van der Waals surface area contributed by atoms with E-state index < -0.39 is 0 Å². The number of rotatable bonds is 4. The van der Waals surface area contributed by atoms with Crippen LogP contribution in [-0.2, 0) is 18.3 Å². The highest BCUT2D eigenvalue weighted by molar-refractivity contribution is 5.92. The molecule has 0 saturated heterocycles. The number of imidazole rings is 1. The van der Waals surface area contributed by atoms with Gasteiger partial charge in [-0.05, 0) is 6.42 Å². The smallest absolute Gasteiger partial charge is 0.157 e. The van der Waals surface area contributed by atoms with Gasteiger partial charge in [-0.3, -0.25) is 4.79 Å². The minimum absolute atomic E-state index is 0.231. The molecule has 15 heavy (non-hydrogen) atoms. The van der Waals surface area contributed by atoms with Crippen molar-refractivity contribution in [2.24, 2.45) is 7.05 Å². The first kappa shape index (κ1) is 9.96. The number of allylic oxidation sites excluding steroid dienone is 2. The first-order valence-electron chi connectivity index (χ1n) is 5.19. The van der Waals surface area contributed by atoms with Gasteiger partial charge in [0, 0.05) is 50.6 Å². The van der Waals surface area contributed by atoms with Gasteiger partial charge in [-0.15, -0.1) is 0 Å². The lowest BCUT2D eigenvalue weighted by atomic mass is 10.3. The van der Waals surface area contributed by atoms with Crippen molar-refractivity contribution < 1.29 is 4.79 Å². The van der Waals surface area contributed by atoms with E-state index in [4.69, 9.17) is 0 Å². The van der Waals surface area contributed by atoms with Gasteiger partial charge in [0.25, 0.3) is 0 Å². The predicted molar refractivity (Wildman–Crippen MR) is 57.2 cm³/mol. The van der Waals surface area contributed by atoms with E-state index in [0.717, 1.165) is 30.9 Å². The van der Waals surface area contributed by atoms with E-state index in [0.29, 0.717) is 6.42 Å². The van der Waals surface area contributed by atoms with Crippen LogP contribution in [0, 0.1) is 0 Å². The molecule has 80 valence electrons. The normalized spacial score (nSPS) is 15.5. The molecule has 0 aliphatic heterocycles. The first-order chi connectivity index (χ1) is 7.25. The van der Waals surface area contributed by atoms with E-state index in [2.05, 4.69) is 10.3 Å². The summed E-state index contributed by atoms with van der Waals surface area (Å²) in [5, 5.41) is 3.26. The van der Waals surface area contributed by atoms with Crippen LogP contribution in [0.3, 0.4) is 0 Å². The quantitative estimate of drug-likeness (QED) is 0.791. The van der Waals surface area contributed by atoms with Crippen LogP contribution in [0.2, 0.25) is 0 Å². The fraction of sp³-hybridized carbons (Fsp3) is 0.455. The number of ketones is 1. The van der Waals surface area contributed by atoms with Crippen molar-refractivity contribution in [3.63, 3.8) is 0 Å². The van der Waals surface area contributed by atoms with Gasteiger partial charge in [-0.25, -0.2) is 4.98 Å². The molecule has 1 aliphatic carbocycles. The summed E-state index contributed by atoms with van der Waals surface area (Å²) in [6, 6.07) is 0. The maximum atomic E-state index is 11.0. The van der Waals surface area contributed by atoms with Crippen LogP contribution in [0.15, 0.2) is 24.2 Å². The molecular weight excluding hydrogens is 190 g/mol. The van der Waals surface area contributed by atoms with Crippen molar-refractivity contribution in [3.05, 3.63) is 30.0 Å². The van der Waals surface area contributed by atoms with E-state index in [1.165, 1.54) is 0 Å². The molecule has 0 amide bonds. The molecule has 2 rings (SSSR count). The summed E-state index contributed by atoms with van der Waals surface area (Å²) in [4.78, 5) is 15.2. The van der Waals surface area contributed by atoms with Crippen molar-refractivity contribution in [1.29, 1.82) is 0 Å². The summed E-state index contributed by atoms with van der Waals surface area (Å²) in [5.74, 6) is 1.29. The van der Waals surface area contributed by atoms with Crippen LogP contribution in [0.5, 0.6) is 0 Å². The second kappa shape index (κ2) is 4.29. The molecular formula is C11H15N3O. The lowest BCUT2D eigenvalue weighted by molar-refractivity contribution is -0.114. The van der Waals surface area contributed by atoms with Crippen LogP contribution in [0.4, 0.5) is 0 Å². The van der Waals surface area contributed by atoms with Crippen LogP contribution in [0.25, 0.3) is 0 Å². The maximum Gasteiger partial charge on any atom is 0.157 e. The van der Waals surface area contributed by atoms with E-state index in [-0.39, 0.29) is 5.78 Å². The lowest BCUT2D eigenvalue weighted by Crippen LogP contribution is -2.17. The highest BCUT2D eigenvalue weighted by atomic mass is 16.1. The van der Waals surface area contributed by atoms with Crippen LogP contribution in [-0.4, -0.2) is 21.9 Å². The van der Waals surface area contributed by atoms with Gasteiger partial charge >= 0.3 is 0 Å². The van der Waals surface area contributed by atoms with Crippen molar-refractivity contribution in [3.8, 4) is 0 Å². The third kappa shape index (κ3) is 2.46. The summed E-state index contributed by atoms with van der Waals surface area (Å²) < 4.78 is 2.01. The molecule has 1 aromatic heterocycles. The van der Waals surface area contributed by atoms with Crippen LogP contribution >= 0.6 is 0 Å². The maximum absolute atomic E-state index is 11.0. The molecule has 0 saturated carbocycles. The topological polar surface area (TPSA) is 46.9 Å². The minimum Gasteiger partial charge on any atom is -0.388 e. The van der Waals surface area contributed by atoms with Crippen molar-refractivity contribution in [2.75, 3.05) is 6.54 Å². The number of carbonyl (C=O) groups is 1. The Morgan fingerprint density at radius 3 is 3.00 bits per heavy atom. The lowest BCUT2D eigenvalue weighted by Gasteiger charge is -2.06. The van der Waals surface area contributed by atoms with E-state index in [1.807, 2.05) is 17.8 Å². The Morgan fingerprint density at radius 2 is 2.40 bits per heavy atom. The molecule has 4 heteroatoms. The zero-order valence-corrected chi connectivity index (χ0v) is 8.86. The van der Waals surface area contributed by atoms with E-state index in [1.54, 1.807) is 12.3 Å². The van der Waals surface area contributed by atoms with Gasteiger partial charge in [0.05, 0.1) is 0 Å². The Morgan fingerprint density at radius 1 is 1.53 bits per heavy atom. The molecule has 1 aromatic rings. The molecule has 1 N–H and O–H groups in total.